The number of carbonyl (C=O) groups excluding carboxylic acids is 1. The molecule has 1 fully saturated rings. The first-order valence-electron chi connectivity index (χ1n) is 6.75. The number of anilines is 1. The lowest BCUT2D eigenvalue weighted by Gasteiger charge is -2.43. The van der Waals surface area contributed by atoms with E-state index < -0.39 is 14.8 Å². The van der Waals surface area contributed by atoms with E-state index in [1.54, 1.807) is 0 Å². The summed E-state index contributed by atoms with van der Waals surface area (Å²) in [6, 6.07) is 8.02. The van der Waals surface area contributed by atoms with Crippen LogP contribution in [-0.2, 0) is 14.8 Å². The molecule has 1 aromatic carbocycles. The number of nitrogens with zero attached hydrogens (tertiary/aromatic N) is 1. The minimum absolute atomic E-state index is 0.262. The van der Waals surface area contributed by atoms with Crippen molar-refractivity contribution >= 4 is 21.6 Å². The maximum Gasteiger partial charge on any atom is 0.258 e. The molecule has 1 saturated heterocycles. The number of rotatable bonds is 3. The summed E-state index contributed by atoms with van der Waals surface area (Å²) in [5.41, 5.74) is 2.31. The molecule has 1 aromatic rings. The molecule has 1 unspecified atom stereocenters. The molecule has 0 bridgehead atoms. The molecule has 1 amide bonds. The Kier molecular flexibility index (Phi) is 2.83. The number of para-hydroxylation sites is 1. The van der Waals surface area contributed by atoms with E-state index >= 15 is 0 Å². The maximum atomic E-state index is 12.0. The van der Waals surface area contributed by atoms with Crippen molar-refractivity contribution < 1.29 is 13.2 Å². The Morgan fingerprint density at radius 2 is 2.05 bits per heavy atom. The van der Waals surface area contributed by atoms with Crippen LogP contribution in [0, 0.1) is 0 Å². The Labute approximate surface area is 119 Å². The van der Waals surface area contributed by atoms with E-state index in [1.165, 1.54) is 19.4 Å². The molecule has 108 valence electrons. The zero-order valence-electron chi connectivity index (χ0n) is 11.6. The second-order valence-electron chi connectivity index (χ2n) is 5.85. The molecular weight excluding hydrogens is 276 g/mol. The predicted molar refractivity (Wildman–Crippen MR) is 77.0 cm³/mol. The number of carbonyl (C=O) groups is 1. The Bertz CT molecular complexity index is 667. The molecule has 0 radical (unpaired) electrons. The predicted octanol–water partition coefficient (Wildman–Crippen LogP) is 1.54. The third kappa shape index (κ3) is 1.67. The third-order valence-electron chi connectivity index (χ3n) is 4.30. The molecule has 0 aromatic heterocycles. The summed E-state index contributed by atoms with van der Waals surface area (Å²) >= 11 is 0. The summed E-state index contributed by atoms with van der Waals surface area (Å²) < 4.78 is 23.8. The monoisotopic (exact) mass is 294 g/mol. The minimum Gasteiger partial charge on any atom is -0.384 e. The zero-order valence-corrected chi connectivity index (χ0v) is 12.4. The molecule has 6 heteroatoms. The van der Waals surface area contributed by atoms with E-state index in [2.05, 4.69) is 11.4 Å². The first-order valence-corrected chi connectivity index (χ1v) is 8.19. The van der Waals surface area contributed by atoms with E-state index in [1.807, 2.05) is 18.2 Å². The number of sulfonamides is 1. The normalized spacial score (nSPS) is 25.8. The van der Waals surface area contributed by atoms with Gasteiger partial charge in [-0.1, -0.05) is 18.2 Å². The van der Waals surface area contributed by atoms with Gasteiger partial charge in [-0.15, -0.1) is 0 Å². The van der Waals surface area contributed by atoms with E-state index in [0.29, 0.717) is 6.42 Å². The van der Waals surface area contributed by atoms with Crippen molar-refractivity contribution in [3.8, 4) is 0 Å². The van der Waals surface area contributed by atoms with Gasteiger partial charge in [-0.05, 0) is 31.9 Å². The molecule has 1 N–H and O–H groups in total. The van der Waals surface area contributed by atoms with Crippen molar-refractivity contribution in [1.82, 2.24) is 4.31 Å². The Balaban J connectivity index is 1.70. The number of nitrogens with one attached hydrogen (secondary N) is 1. The summed E-state index contributed by atoms with van der Waals surface area (Å²) in [6.45, 7) is 4.00. The SMILES string of the molecule is CC1(C)C(=O)N(CCC2CNc3ccccc32)S1(=O)=O. The summed E-state index contributed by atoms with van der Waals surface area (Å²) in [6.07, 6.45) is 0.658. The number of hydrogen-bond donors (Lipinski definition) is 1. The van der Waals surface area contributed by atoms with Gasteiger partial charge in [0.1, 0.15) is 0 Å². The molecule has 0 saturated carbocycles. The third-order valence-corrected chi connectivity index (χ3v) is 6.69. The van der Waals surface area contributed by atoms with Crippen molar-refractivity contribution in [2.45, 2.75) is 30.9 Å². The zero-order chi connectivity index (χ0) is 14.5. The van der Waals surface area contributed by atoms with E-state index in [-0.39, 0.29) is 18.4 Å². The quantitative estimate of drug-likeness (QED) is 0.918. The van der Waals surface area contributed by atoms with Crippen LogP contribution in [0.25, 0.3) is 0 Å². The smallest absolute Gasteiger partial charge is 0.258 e. The lowest BCUT2D eigenvalue weighted by Crippen LogP contribution is -2.67. The van der Waals surface area contributed by atoms with Crippen LogP contribution in [0.3, 0.4) is 0 Å². The van der Waals surface area contributed by atoms with Crippen molar-refractivity contribution in [3.63, 3.8) is 0 Å². The Hall–Kier alpha value is -1.56. The second-order valence-corrected chi connectivity index (χ2v) is 8.26. The highest BCUT2D eigenvalue weighted by Gasteiger charge is 2.59. The van der Waals surface area contributed by atoms with Crippen LogP contribution in [0.15, 0.2) is 24.3 Å². The second kappa shape index (κ2) is 4.22. The van der Waals surface area contributed by atoms with Gasteiger partial charge in [0, 0.05) is 24.7 Å². The Morgan fingerprint density at radius 3 is 2.75 bits per heavy atom. The summed E-state index contributed by atoms with van der Waals surface area (Å²) in [7, 11) is -3.46. The molecule has 2 heterocycles. The maximum absolute atomic E-state index is 12.0. The molecule has 1 atom stereocenters. The standard InChI is InChI=1S/C14H18N2O3S/c1-14(2)13(17)16(20(14,18)19)8-7-10-9-15-12-6-4-3-5-11(10)12/h3-6,10,15H,7-9H2,1-2H3. The van der Waals surface area contributed by atoms with Gasteiger partial charge in [0.15, 0.2) is 4.75 Å². The van der Waals surface area contributed by atoms with Crippen LogP contribution < -0.4 is 5.32 Å². The first kappa shape index (κ1) is 13.4. The molecule has 2 aliphatic rings. The minimum atomic E-state index is -3.46. The van der Waals surface area contributed by atoms with Gasteiger partial charge in [0.2, 0.25) is 0 Å². The molecule has 3 rings (SSSR count). The average molecular weight is 294 g/mol. The van der Waals surface area contributed by atoms with Gasteiger partial charge >= 0.3 is 0 Å². The van der Waals surface area contributed by atoms with Gasteiger partial charge in [-0.25, -0.2) is 12.7 Å². The molecule has 0 aliphatic carbocycles. The summed E-state index contributed by atoms with van der Waals surface area (Å²) in [5, 5.41) is 3.31. The van der Waals surface area contributed by atoms with E-state index in [4.69, 9.17) is 0 Å². The highest BCUT2D eigenvalue weighted by Crippen LogP contribution is 2.38. The highest BCUT2D eigenvalue weighted by atomic mass is 32.2. The van der Waals surface area contributed by atoms with Crippen molar-refractivity contribution in [1.29, 1.82) is 0 Å². The lowest BCUT2D eigenvalue weighted by atomic mass is 9.98. The summed E-state index contributed by atoms with van der Waals surface area (Å²) in [4.78, 5) is 11.9. The van der Waals surface area contributed by atoms with E-state index in [0.717, 1.165) is 16.5 Å². The topological polar surface area (TPSA) is 66.5 Å². The van der Waals surface area contributed by atoms with Crippen molar-refractivity contribution in [2.24, 2.45) is 0 Å². The number of hydrogen-bond acceptors (Lipinski definition) is 4. The number of fused-ring (bicyclic) bond motifs is 1. The molecular formula is C14H18N2O3S. The molecule has 0 spiro atoms. The highest BCUT2D eigenvalue weighted by molar-refractivity contribution is 7.94. The van der Waals surface area contributed by atoms with Crippen LogP contribution in [0.2, 0.25) is 0 Å². The van der Waals surface area contributed by atoms with E-state index in [9.17, 15) is 13.2 Å². The summed E-state index contributed by atoms with van der Waals surface area (Å²) in [5.74, 6) is -0.0327. The van der Waals surface area contributed by atoms with Gasteiger partial charge in [-0.3, -0.25) is 4.79 Å². The lowest BCUT2D eigenvalue weighted by molar-refractivity contribution is -0.132. The fourth-order valence-electron chi connectivity index (χ4n) is 2.87. The van der Waals surface area contributed by atoms with Crippen LogP contribution in [0.1, 0.15) is 31.7 Å². The van der Waals surface area contributed by atoms with Crippen LogP contribution in [-0.4, -0.2) is 36.5 Å². The molecule has 2 aliphatic heterocycles. The molecule has 20 heavy (non-hydrogen) atoms. The van der Waals surface area contributed by atoms with Gasteiger partial charge < -0.3 is 5.32 Å². The number of benzene rings is 1. The van der Waals surface area contributed by atoms with Gasteiger partial charge in [0.05, 0.1) is 0 Å². The van der Waals surface area contributed by atoms with Gasteiger partial charge in [-0.2, -0.15) is 0 Å². The average Bonchev–Trinajstić information content (AvgIpc) is 2.82. The van der Waals surface area contributed by atoms with Crippen LogP contribution >= 0.6 is 0 Å². The van der Waals surface area contributed by atoms with Crippen molar-refractivity contribution in [3.05, 3.63) is 29.8 Å². The van der Waals surface area contributed by atoms with Gasteiger partial charge in [0.25, 0.3) is 15.9 Å². The Morgan fingerprint density at radius 1 is 1.35 bits per heavy atom. The van der Waals surface area contributed by atoms with Crippen molar-refractivity contribution in [2.75, 3.05) is 18.4 Å². The van der Waals surface area contributed by atoms with Crippen LogP contribution in [0.4, 0.5) is 5.69 Å². The first-order chi connectivity index (χ1) is 9.35. The number of amides is 1. The largest absolute Gasteiger partial charge is 0.384 e. The molecule has 5 nitrogen and oxygen atoms in total. The fraction of sp³-hybridized carbons (Fsp3) is 0.500. The fourth-order valence-corrected chi connectivity index (χ4v) is 4.41. The van der Waals surface area contributed by atoms with Crippen LogP contribution in [0.5, 0.6) is 0 Å².